The molecule has 3 nitrogen and oxygen atoms in total. The molecule has 0 saturated carbocycles. The number of halogens is 1. The molecule has 0 radical (unpaired) electrons. The summed E-state index contributed by atoms with van der Waals surface area (Å²) in [4.78, 5) is 14.6. The largest absolute Gasteiger partial charge is 0.497 e. The summed E-state index contributed by atoms with van der Waals surface area (Å²) in [5, 5.41) is 2.87. The van der Waals surface area contributed by atoms with Gasteiger partial charge in [0.05, 0.1) is 13.0 Å². The lowest BCUT2D eigenvalue weighted by atomic mass is 9.96. The summed E-state index contributed by atoms with van der Waals surface area (Å²) in [5.74, 6) is 0.667. The Morgan fingerprint density at radius 2 is 1.77 bits per heavy atom. The van der Waals surface area contributed by atoms with Crippen LogP contribution >= 0.6 is 11.6 Å². The van der Waals surface area contributed by atoms with Crippen LogP contribution in [0.2, 0.25) is 5.02 Å². The molecule has 3 aromatic rings. The number of amides is 1. The number of benzene rings is 3. The van der Waals surface area contributed by atoms with Crippen LogP contribution in [0.15, 0.2) is 60.7 Å². The van der Waals surface area contributed by atoms with Crippen molar-refractivity contribution < 1.29 is 9.53 Å². The maximum absolute atomic E-state index is 12.9. The third-order valence-electron chi connectivity index (χ3n) is 4.68. The zero-order valence-corrected chi connectivity index (χ0v) is 16.0. The number of hydrogen-bond acceptors (Lipinski definition) is 2. The molecule has 0 aliphatic carbocycles. The normalized spacial score (nSPS) is 12.0. The van der Waals surface area contributed by atoms with Crippen LogP contribution in [0.5, 0.6) is 5.75 Å². The zero-order chi connectivity index (χ0) is 18.7. The van der Waals surface area contributed by atoms with Gasteiger partial charge in [-0.3, -0.25) is 4.79 Å². The first-order valence-electron chi connectivity index (χ1n) is 8.55. The molecule has 0 aliphatic rings. The van der Waals surface area contributed by atoms with Crippen LogP contribution in [0.1, 0.15) is 24.0 Å². The molecule has 0 N–H and O–H groups in total. The monoisotopic (exact) mass is 367 g/mol. The Kier molecular flexibility index (Phi) is 5.48. The van der Waals surface area contributed by atoms with Crippen molar-refractivity contribution in [3.05, 3.63) is 76.8 Å². The first-order valence-corrected chi connectivity index (χ1v) is 8.93. The Morgan fingerprint density at radius 3 is 2.50 bits per heavy atom. The molecule has 0 aliphatic heterocycles. The van der Waals surface area contributed by atoms with Gasteiger partial charge in [-0.1, -0.05) is 54.1 Å². The Labute approximate surface area is 159 Å². The van der Waals surface area contributed by atoms with Crippen LogP contribution < -0.4 is 4.74 Å². The van der Waals surface area contributed by atoms with Gasteiger partial charge < -0.3 is 9.64 Å². The molecule has 0 saturated heterocycles. The van der Waals surface area contributed by atoms with E-state index in [2.05, 4.69) is 6.07 Å². The van der Waals surface area contributed by atoms with Gasteiger partial charge in [0, 0.05) is 18.6 Å². The molecule has 3 aromatic carbocycles. The molecule has 0 bridgehead atoms. The van der Waals surface area contributed by atoms with E-state index in [1.54, 1.807) is 12.0 Å². The highest BCUT2D eigenvalue weighted by atomic mass is 35.5. The number of carbonyl (C=O) groups is 1. The molecule has 0 aromatic heterocycles. The standard InChI is InChI=1S/C22H22ClNO2/c1-15(22(25)24(2)14-19-6-4-5-7-21(19)23)16-8-9-18-13-20(26-3)11-10-17(18)12-16/h4-13,15H,14H2,1-3H3/t15-/m0/s1. The van der Waals surface area contributed by atoms with Gasteiger partial charge in [-0.15, -0.1) is 0 Å². The van der Waals surface area contributed by atoms with E-state index in [1.165, 1.54) is 0 Å². The van der Waals surface area contributed by atoms with E-state index >= 15 is 0 Å². The molecule has 1 amide bonds. The number of hydrogen-bond donors (Lipinski definition) is 0. The van der Waals surface area contributed by atoms with Gasteiger partial charge in [0.2, 0.25) is 5.91 Å². The zero-order valence-electron chi connectivity index (χ0n) is 15.2. The van der Waals surface area contributed by atoms with E-state index in [4.69, 9.17) is 16.3 Å². The van der Waals surface area contributed by atoms with E-state index in [9.17, 15) is 4.79 Å². The fourth-order valence-electron chi connectivity index (χ4n) is 3.07. The smallest absolute Gasteiger partial charge is 0.229 e. The summed E-state index contributed by atoms with van der Waals surface area (Å²) in [6.07, 6.45) is 0. The molecule has 0 fully saturated rings. The topological polar surface area (TPSA) is 29.5 Å². The van der Waals surface area contributed by atoms with E-state index in [0.29, 0.717) is 11.6 Å². The summed E-state index contributed by atoms with van der Waals surface area (Å²) in [5.41, 5.74) is 1.95. The van der Waals surface area contributed by atoms with Gasteiger partial charge in [-0.05, 0) is 47.0 Å². The van der Waals surface area contributed by atoms with Gasteiger partial charge in [-0.25, -0.2) is 0 Å². The molecule has 0 spiro atoms. The number of fused-ring (bicyclic) bond motifs is 1. The average molecular weight is 368 g/mol. The number of nitrogens with zero attached hydrogens (tertiary/aromatic N) is 1. The molecule has 0 unspecified atom stereocenters. The minimum absolute atomic E-state index is 0.0674. The second kappa shape index (κ2) is 7.79. The number of ether oxygens (including phenoxy) is 1. The first kappa shape index (κ1) is 18.3. The van der Waals surface area contributed by atoms with E-state index in [0.717, 1.165) is 27.6 Å². The quantitative estimate of drug-likeness (QED) is 0.615. The van der Waals surface area contributed by atoms with Crippen LogP contribution in [0.25, 0.3) is 10.8 Å². The summed E-state index contributed by atoms with van der Waals surface area (Å²) >= 11 is 6.21. The summed E-state index contributed by atoms with van der Waals surface area (Å²) < 4.78 is 5.26. The average Bonchev–Trinajstić information content (AvgIpc) is 2.67. The minimum atomic E-state index is -0.228. The van der Waals surface area contributed by atoms with Crippen molar-refractivity contribution in [1.29, 1.82) is 0 Å². The van der Waals surface area contributed by atoms with E-state index in [-0.39, 0.29) is 11.8 Å². The van der Waals surface area contributed by atoms with Crippen molar-refractivity contribution in [1.82, 2.24) is 4.90 Å². The van der Waals surface area contributed by atoms with E-state index < -0.39 is 0 Å². The second-order valence-corrected chi connectivity index (χ2v) is 6.89. The predicted octanol–water partition coefficient (Wildman–Crippen LogP) is 5.26. The van der Waals surface area contributed by atoms with Crippen molar-refractivity contribution >= 4 is 28.3 Å². The van der Waals surface area contributed by atoms with Crippen molar-refractivity contribution in [3.63, 3.8) is 0 Å². The van der Waals surface area contributed by atoms with Gasteiger partial charge in [0.25, 0.3) is 0 Å². The van der Waals surface area contributed by atoms with Crippen LogP contribution in [0, 0.1) is 0 Å². The molecular formula is C22H22ClNO2. The molecule has 134 valence electrons. The predicted molar refractivity (Wildman–Crippen MR) is 107 cm³/mol. The van der Waals surface area contributed by atoms with Crippen molar-refractivity contribution in [2.24, 2.45) is 0 Å². The van der Waals surface area contributed by atoms with Gasteiger partial charge in [-0.2, -0.15) is 0 Å². The lowest BCUT2D eigenvalue weighted by molar-refractivity contribution is -0.131. The SMILES string of the molecule is COc1ccc2cc([C@H](C)C(=O)N(C)Cc3ccccc3Cl)ccc2c1. The van der Waals surface area contributed by atoms with Gasteiger partial charge in [0.15, 0.2) is 0 Å². The number of likely N-dealkylation sites (N-methyl/N-ethyl adjacent to an activating group) is 1. The molecule has 1 atom stereocenters. The van der Waals surface area contributed by atoms with Crippen LogP contribution in [0.4, 0.5) is 0 Å². The molecule has 4 heteroatoms. The number of carbonyl (C=O) groups excluding carboxylic acids is 1. The third-order valence-corrected chi connectivity index (χ3v) is 5.05. The minimum Gasteiger partial charge on any atom is -0.497 e. The summed E-state index contributed by atoms with van der Waals surface area (Å²) in [6, 6.07) is 19.7. The van der Waals surface area contributed by atoms with Crippen molar-refractivity contribution in [3.8, 4) is 5.75 Å². The third kappa shape index (κ3) is 3.83. The maximum Gasteiger partial charge on any atom is 0.229 e. The van der Waals surface area contributed by atoms with Crippen molar-refractivity contribution in [2.45, 2.75) is 19.4 Å². The first-order chi connectivity index (χ1) is 12.5. The Bertz CT molecular complexity index is 938. The summed E-state index contributed by atoms with van der Waals surface area (Å²) in [7, 11) is 3.47. The Balaban J connectivity index is 1.79. The Morgan fingerprint density at radius 1 is 1.08 bits per heavy atom. The molecule has 26 heavy (non-hydrogen) atoms. The van der Waals surface area contributed by atoms with E-state index in [1.807, 2.05) is 68.6 Å². The van der Waals surface area contributed by atoms with Crippen LogP contribution in [-0.2, 0) is 11.3 Å². The fraction of sp³-hybridized carbons (Fsp3) is 0.227. The molecule has 3 rings (SSSR count). The van der Waals surface area contributed by atoms with Gasteiger partial charge in [0.1, 0.15) is 5.75 Å². The highest BCUT2D eigenvalue weighted by molar-refractivity contribution is 6.31. The highest BCUT2D eigenvalue weighted by Gasteiger charge is 2.20. The molecule has 0 heterocycles. The fourth-order valence-corrected chi connectivity index (χ4v) is 3.27. The number of methoxy groups -OCH3 is 1. The second-order valence-electron chi connectivity index (χ2n) is 6.48. The van der Waals surface area contributed by atoms with Crippen LogP contribution in [0.3, 0.4) is 0 Å². The lowest BCUT2D eigenvalue weighted by Gasteiger charge is -2.22. The highest BCUT2D eigenvalue weighted by Crippen LogP contribution is 2.26. The summed E-state index contributed by atoms with van der Waals surface area (Å²) in [6.45, 7) is 2.43. The van der Waals surface area contributed by atoms with Crippen LogP contribution in [-0.4, -0.2) is 25.0 Å². The lowest BCUT2D eigenvalue weighted by Crippen LogP contribution is -2.30. The number of rotatable bonds is 5. The Hall–Kier alpha value is -2.52. The maximum atomic E-state index is 12.9. The van der Waals surface area contributed by atoms with Crippen molar-refractivity contribution in [2.75, 3.05) is 14.2 Å². The van der Waals surface area contributed by atoms with Gasteiger partial charge >= 0.3 is 0 Å². The molecular weight excluding hydrogens is 346 g/mol.